The summed E-state index contributed by atoms with van der Waals surface area (Å²) >= 11 is 1.92. The van der Waals surface area contributed by atoms with Crippen LogP contribution in [0.1, 0.15) is 0 Å². The maximum Gasteiger partial charge on any atom is 0.0640 e. The first-order valence-corrected chi connectivity index (χ1v) is 21.7. The van der Waals surface area contributed by atoms with Gasteiger partial charge in [0.05, 0.1) is 22.1 Å². The Labute approximate surface area is 356 Å². The summed E-state index contributed by atoms with van der Waals surface area (Å²) < 4.78 is 7.61. The van der Waals surface area contributed by atoms with Crippen molar-refractivity contribution in [2.75, 3.05) is 0 Å². The molecular formula is C58H36N2S. The lowest BCUT2D eigenvalue weighted by molar-refractivity contribution is 1.18. The number of aromatic nitrogens is 2. The fourth-order valence-corrected chi connectivity index (χ4v) is 11.2. The number of hydrogen-bond donors (Lipinski definition) is 0. The Kier molecular flexibility index (Phi) is 7.51. The van der Waals surface area contributed by atoms with Crippen LogP contribution in [0, 0.1) is 0 Å². The molecule has 2 nitrogen and oxygen atoms in total. The van der Waals surface area contributed by atoms with E-state index in [4.69, 9.17) is 0 Å². The number of para-hydroxylation sites is 1. The van der Waals surface area contributed by atoms with E-state index in [9.17, 15) is 0 Å². The van der Waals surface area contributed by atoms with Crippen LogP contribution in [0.4, 0.5) is 0 Å². The molecule has 13 rings (SSSR count). The SMILES string of the molecule is c1ccc(-c2ccc(-n3c4cc(-c5ccccc5)ccc4c4cc5c(cc43)sc3c4ccccc4c4c6ccccc6n(-c6ccc(-c7ccccc7)cc6)c4c53)cc2)cc1. The summed E-state index contributed by atoms with van der Waals surface area (Å²) in [6.07, 6.45) is 0. The molecular weight excluding hydrogens is 757 g/mol. The molecule has 0 atom stereocenters. The van der Waals surface area contributed by atoms with E-state index in [0.29, 0.717) is 0 Å². The molecule has 3 aromatic heterocycles. The minimum Gasteiger partial charge on any atom is -0.309 e. The smallest absolute Gasteiger partial charge is 0.0640 e. The highest BCUT2D eigenvalue weighted by atomic mass is 32.1. The van der Waals surface area contributed by atoms with Crippen molar-refractivity contribution in [2.45, 2.75) is 0 Å². The van der Waals surface area contributed by atoms with Crippen molar-refractivity contribution in [1.82, 2.24) is 9.13 Å². The molecule has 3 heterocycles. The second-order valence-electron chi connectivity index (χ2n) is 16.1. The molecule has 3 heteroatoms. The lowest BCUT2D eigenvalue weighted by Gasteiger charge is -2.12. The fraction of sp³-hybridized carbons (Fsp3) is 0. The average Bonchev–Trinajstić information content (AvgIpc) is 3.99. The van der Waals surface area contributed by atoms with Gasteiger partial charge in [-0.1, -0.05) is 170 Å². The van der Waals surface area contributed by atoms with Crippen LogP contribution in [0.5, 0.6) is 0 Å². The maximum atomic E-state index is 2.52. The van der Waals surface area contributed by atoms with Crippen molar-refractivity contribution < 1.29 is 0 Å². The summed E-state index contributed by atoms with van der Waals surface area (Å²) in [5.41, 5.74) is 14.5. The van der Waals surface area contributed by atoms with E-state index in [1.54, 1.807) is 0 Å². The number of rotatable bonds is 5. The first-order chi connectivity index (χ1) is 30.3. The molecule has 0 N–H and O–H groups in total. The molecule has 13 aromatic rings. The van der Waals surface area contributed by atoms with Crippen molar-refractivity contribution in [3.63, 3.8) is 0 Å². The molecule has 0 radical (unpaired) electrons. The molecule has 0 aliphatic rings. The monoisotopic (exact) mass is 792 g/mol. The molecule has 0 saturated carbocycles. The van der Waals surface area contributed by atoms with Gasteiger partial charge < -0.3 is 9.13 Å². The zero-order chi connectivity index (χ0) is 40.0. The molecule has 61 heavy (non-hydrogen) atoms. The van der Waals surface area contributed by atoms with Crippen LogP contribution in [0.3, 0.4) is 0 Å². The predicted octanol–water partition coefficient (Wildman–Crippen LogP) is 16.4. The lowest BCUT2D eigenvalue weighted by Crippen LogP contribution is -1.95. The molecule has 0 fully saturated rings. The zero-order valence-corrected chi connectivity index (χ0v) is 33.9. The number of thiophene rings is 1. The fourth-order valence-electron chi connectivity index (χ4n) is 9.90. The average molecular weight is 793 g/mol. The number of benzene rings is 10. The summed E-state index contributed by atoms with van der Waals surface area (Å²) in [6, 6.07) is 80.2. The second-order valence-corrected chi connectivity index (χ2v) is 17.1. The molecule has 0 amide bonds. The minimum absolute atomic E-state index is 1.15. The van der Waals surface area contributed by atoms with Crippen LogP contribution in [-0.2, 0) is 0 Å². The van der Waals surface area contributed by atoms with E-state index in [2.05, 4.69) is 228 Å². The van der Waals surface area contributed by atoms with E-state index in [1.165, 1.54) is 108 Å². The Balaban J connectivity index is 1.13. The van der Waals surface area contributed by atoms with Crippen LogP contribution in [0.15, 0.2) is 218 Å². The van der Waals surface area contributed by atoms with Crippen molar-refractivity contribution in [1.29, 1.82) is 0 Å². The third-order valence-electron chi connectivity index (χ3n) is 12.7. The summed E-state index contributed by atoms with van der Waals surface area (Å²) in [7, 11) is 0. The maximum absolute atomic E-state index is 2.52. The normalized spacial score (nSPS) is 11.9. The number of hydrogen-bond acceptors (Lipinski definition) is 1. The van der Waals surface area contributed by atoms with Gasteiger partial charge in [0.25, 0.3) is 0 Å². The highest BCUT2D eigenvalue weighted by molar-refractivity contribution is 7.27. The molecule has 284 valence electrons. The van der Waals surface area contributed by atoms with Crippen LogP contribution < -0.4 is 0 Å². The van der Waals surface area contributed by atoms with Gasteiger partial charge in [-0.15, -0.1) is 11.3 Å². The quantitative estimate of drug-likeness (QED) is 0.164. The molecule has 10 aromatic carbocycles. The Morgan fingerprint density at radius 1 is 0.279 bits per heavy atom. The van der Waals surface area contributed by atoms with Gasteiger partial charge in [-0.25, -0.2) is 0 Å². The van der Waals surface area contributed by atoms with Crippen molar-refractivity contribution in [3.8, 4) is 44.8 Å². The van der Waals surface area contributed by atoms with Crippen molar-refractivity contribution in [3.05, 3.63) is 218 Å². The Morgan fingerprint density at radius 3 is 1.41 bits per heavy atom. The van der Waals surface area contributed by atoms with E-state index in [0.717, 1.165) is 11.4 Å². The number of nitrogens with zero attached hydrogens (tertiary/aromatic N) is 2. The predicted molar refractivity (Wildman–Crippen MR) is 262 cm³/mol. The Hall–Kier alpha value is -7.72. The summed E-state index contributed by atoms with van der Waals surface area (Å²) in [5.74, 6) is 0. The second kappa shape index (κ2) is 13.4. The summed E-state index contributed by atoms with van der Waals surface area (Å²) in [5, 5.41) is 10.3. The van der Waals surface area contributed by atoms with E-state index in [-0.39, 0.29) is 0 Å². The van der Waals surface area contributed by atoms with Crippen LogP contribution >= 0.6 is 11.3 Å². The van der Waals surface area contributed by atoms with Crippen LogP contribution in [0.2, 0.25) is 0 Å². The topological polar surface area (TPSA) is 9.86 Å². The van der Waals surface area contributed by atoms with E-state index in [1.807, 2.05) is 11.3 Å². The van der Waals surface area contributed by atoms with Gasteiger partial charge in [-0.05, 0) is 87.3 Å². The van der Waals surface area contributed by atoms with Gasteiger partial charge in [0, 0.05) is 58.5 Å². The molecule has 0 aliphatic carbocycles. The first-order valence-electron chi connectivity index (χ1n) is 20.9. The largest absolute Gasteiger partial charge is 0.309 e. The molecule has 0 saturated heterocycles. The van der Waals surface area contributed by atoms with Crippen molar-refractivity contribution >= 4 is 85.9 Å². The molecule has 0 aliphatic heterocycles. The number of fused-ring (bicyclic) bond motifs is 13. The first kappa shape index (κ1) is 34.2. The lowest BCUT2D eigenvalue weighted by atomic mass is 9.99. The van der Waals surface area contributed by atoms with Crippen LogP contribution in [0.25, 0.3) is 119 Å². The van der Waals surface area contributed by atoms with Gasteiger partial charge in [-0.3, -0.25) is 0 Å². The Bertz CT molecular complexity index is 3820. The molecule has 0 unspecified atom stereocenters. The van der Waals surface area contributed by atoms with Gasteiger partial charge in [0.2, 0.25) is 0 Å². The van der Waals surface area contributed by atoms with Gasteiger partial charge >= 0.3 is 0 Å². The highest BCUT2D eigenvalue weighted by Crippen LogP contribution is 2.50. The standard InChI is InChI=1S/C58H36N2S/c1-4-14-37(15-5-1)40-24-29-43(30-25-40)59-52-34-42(39-18-8-3-9-19-39)28-33-45(52)49-35-50-54(36-53(49)59)61-58-47-21-11-10-20-46(47)55-48-22-12-13-23-51(48)60(57(55)56(50)58)44-31-26-41(27-32-44)38-16-6-2-7-17-38/h1-36H. The molecule has 0 spiro atoms. The van der Waals surface area contributed by atoms with Gasteiger partial charge in [0.1, 0.15) is 0 Å². The van der Waals surface area contributed by atoms with E-state index < -0.39 is 0 Å². The van der Waals surface area contributed by atoms with Crippen molar-refractivity contribution in [2.24, 2.45) is 0 Å². The summed E-state index contributed by atoms with van der Waals surface area (Å²) in [4.78, 5) is 0. The zero-order valence-electron chi connectivity index (χ0n) is 33.1. The third-order valence-corrected chi connectivity index (χ3v) is 13.9. The Morgan fingerprint density at radius 2 is 0.770 bits per heavy atom. The van der Waals surface area contributed by atoms with Gasteiger partial charge in [0.15, 0.2) is 0 Å². The van der Waals surface area contributed by atoms with Gasteiger partial charge in [-0.2, -0.15) is 0 Å². The summed E-state index contributed by atoms with van der Waals surface area (Å²) in [6.45, 7) is 0. The minimum atomic E-state index is 1.15. The van der Waals surface area contributed by atoms with Crippen LogP contribution in [-0.4, -0.2) is 9.13 Å². The third kappa shape index (κ3) is 5.21. The molecule has 0 bridgehead atoms. The highest BCUT2D eigenvalue weighted by Gasteiger charge is 2.24. The van der Waals surface area contributed by atoms with E-state index >= 15 is 0 Å².